The fourth-order valence-electron chi connectivity index (χ4n) is 5.90. The summed E-state index contributed by atoms with van der Waals surface area (Å²) < 4.78 is 27.5. The van der Waals surface area contributed by atoms with Crippen LogP contribution in [0, 0.1) is 0 Å². The Bertz CT molecular complexity index is 1420. The van der Waals surface area contributed by atoms with Crippen molar-refractivity contribution in [2.45, 2.75) is 67.2 Å². The number of carbonyl (C=O) groups excluding carboxylic acids is 1. The fourth-order valence-corrected chi connectivity index (χ4v) is 8.25. The summed E-state index contributed by atoms with van der Waals surface area (Å²) in [4.78, 5) is 35.7. The van der Waals surface area contributed by atoms with Crippen LogP contribution >= 0.6 is 23.2 Å². The molecule has 1 amide bonds. The van der Waals surface area contributed by atoms with E-state index in [0.717, 1.165) is 31.9 Å². The first kappa shape index (κ1) is 29.1. The van der Waals surface area contributed by atoms with Crippen molar-refractivity contribution in [2.75, 3.05) is 37.6 Å². The van der Waals surface area contributed by atoms with Gasteiger partial charge in [-0.05, 0) is 69.9 Å². The van der Waals surface area contributed by atoms with E-state index in [2.05, 4.69) is 35.6 Å². The maximum absolute atomic E-state index is 13.7. The number of aromatic nitrogens is 1. The van der Waals surface area contributed by atoms with E-state index in [1.165, 1.54) is 17.2 Å². The van der Waals surface area contributed by atoms with E-state index in [9.17, 15) is 23.1 Å². The van der Waals surface area contributed by atoms with Crippen LogP contribution in [0.4, 0.5) is 5.69 Å². The van der Waals surface area contributed by atoms with E-state index >= 15 is 0 Å². The predicted molar refractivity (Wildman–Crippen MR) is 154 cm³/mol. The van der Waals surface area contributed by atoms with Crippen LogP contribution < -0.4 is 4.90 Å². The molecule has 2 aromatic rings. The van der Waals surface area contributed by atoms with Gasteiger partial charge >= 0.3 is 5.97 Å². The van der Waals surface area contributed by atoms with E-state index < -0.39 is 38.4 Å². The first-order valence-corrected chi connectivity index (χ1v) is 15.7. The molecule has 3 heterocycles. The number of halogens is 2. The molecule has 0 spiro atoms. The van der Waals surface area contributed by atoms with Crippen molar-refractivity contribution < 1.29 is 23.1 Å². The lowest BCUT2D eigenvalue weighted by Gasteiger charge is -2.43. The van der Waals surface area contributed by atoms with Crippen molar-refractivity contribution in [3.8, 4) is 0 Å². The molecular formula is C28H34Cl2N4O5S. The summed E-state index contributed by atoms with van der Waals surface area (Å²) in [5.74, 6) is -1.62. The highest BCUT2D eigenvalue weighted by Crippen LogP contribution is 2.51. The topological polar surface area (TPSA) is 111 Å². The van der Waals surface area contributed by atoms with E-state index in [1.807, 2.05) is 0 Å². The summed E-state index contributed by atoms with van der Waals surface area (Å²) in [6.07, 6.45) is 2.39. The van der Waals surface area contributed by atoms with E-state index in [4.69, 9.17) is 23.2 Å². The number of amides is 1. The second kappa shape index (κ2) is 10.5. The first-order valence-electron chi connectivity index (χ1n) is 13.4. The number of benzene rings is 1. The highest BCUT2D eigenvalue weighted by Gasteiger charge is 2.57. The number of aliphatic carboxylic acids is 1. The van der Waals surface area contributed by atoms with E-state index in [1.54, 1.807) is 24.3 Å². The number of piperazine rings is 1. The molecule has 1 aromatic heterocycles. The van der Waals surface area contributed by atoms with Gasteiger partial charge in [0.25, 0.3) is 0 Å². The molecule has 1 saturated carbocycles. The van der Waals surface area contributed by atoms with Gasteiger partial charge in [-0.25, -0.2) is 18.2 Å². The van der Waals surface area contributed by atoms with Gasteiger partial charge in [0.1, 0.15) is 11.2 Å². The monoisotopic (exact) mass is 608 g/mol. The number of rotatable bonds is 6. The van der Waals surface area contributed by atoms with Crippen LogP contribution in [-0.4, -0.2) is 89.7 Å². The summed E-state index contributed by atoms with van der Waals surface area (Å²) in [6.45, 7) is 9.71. The minimum absolute atomic E-state index is 0.0438. The van der Waals surface area contributed by atoms with Gasteiger partial charge in [0.05, 0.1) is 20.6 Å². The number of sulfone groups is 1. The lowest BCUT2D eigenvalue weighted by molar-refractivity contribution is -0.149. The molecule has 1 aliphatic carbocycles. The largest absolute Gasteiger partial charge is 0.480 e. The van der Waals surface area contributed by atoms with Gasteiger partial charge in [0.15, 0.2) is 9.84 Å². The zero-order valence-corrected chi connectivity index (χ0v) is 25.1. The summed E-state index contributed by atoms with van der Waals surface area (Å²) in [6, 6.07) is 6.98. The Morgan fingerprint density at radius 2 is 1.73 bits per heavy atom. The van der Waals surface area contributed by atoms with E-state index in [0.29, 0.717) is 18.4 Å². The molecular weight excluding hydrogens is 575 g/mol. The number of hydrogen-bond acceptors (Lipinski definition) is 7. The molecule has 3 fully saturated rings. The second-order valence-electron chi connectivity index (χ2n) is 11.9. The highest BCUT2D eigenvalue weighted by molar-refractivity contribution is 7.92. The van der Waals surface area contributed by atoms with Crippen molar-refractivity contribution in [2.24, 2.45) is 0 Å². The van der Waals surface area contributed by atoms with Crippen molar-refractivity contribution in [3.63, 3.8) is 0 Å². The zero-order chi connectivity index (χ0) is 29.0. The van der Waals surface area contributed by atoms with Crippen LogP contribution in [-0.2, 0) is 24.8 Å². The molecule has 2 atom stereocenters. The molecule has 0 radical (unpaired) electrons. The maximum atomic E-state index is 13.7. The van der Waals surface area contributed by atoms with Crippen molar-refractivity contribution in [1.82, 2.24) is 14.8 Å². The number of carboxylic acid groups (broad SMARTS) is 1. The molecule has 5 rings (SSSR count). The van der Waals surface area contributed by atoms with Crippen LogP contribution in [0.1, 0.15) is 45.6 Å². The Labute approximate surface area is 245 Å². The van der Waals surface area contributed by atoms with E-state index in [-0.39, 0.29) is 33.6 Å². The van der Waals surface area contributed by atoms with Crippen molar-refractivity contribution in [1.29, 1.82) is 0 Å². The first-order chi connectivity index (χ1) is 18.7. The molecule has 3 aliphatic rings. The Balaban J connectivity index is 1.35. The molecule has 1 N–H and O–H groups in total. The number of carboxylic acids is 1. The van der Waals surface area contributed by atoms with Gasteiger partial charge in [-0.15, -0.1) is 0 Å². The Kier molecular flexibility index (Phi) is 7.61. The highest BCUT2D eigenvalue weighted by atomic mass is 35.5. The second-order valence-corrected chi connectivity index (χ2v) is 14.9. The molecule has 9 nitrogen and oxygen atoms in total. The molecule has 2 saturated heterocycles. The lowest BCUT2D eigenvalue weighted by Crippen LogP contribution is -2.53. The number of hydrogen-bond donors (Lipinski definition) is 1. The maximum Gasteiger partial charge on any atom is 0.326 e. The molecule has 2 unspecified atom stereocenters. The van der Waals surface area contributed by atoms with Crippen LogP contribution in [0.25, 0.3) is 0 Å². The minimum atomic E-state index is -4.02. The molecule has 2 aliphatic heterocycles. The Morgan fingerprint density at radius 1 is 1.05 bits per heavy atom. The van der Waals surface area contributed by atoms with Gasteiger partial charge in [-0.3, -0.25) is 9.69 Å². The van der Waals surface area contributed by atoms with Crippen molar-refractivity contribution >= 4 is 50.6 Å². The Hall–Kier alpha value is -2.40. The minimum Gasteiger partial charge on any atom is -0.480 e. The van der Waals surface area contributed by atoms with Gasteiger partial charge in [0, 0.05) is 50.1 Å². The van der Waals surface area contributed by atoms with Crippen LogP contribution in [0.2, 0.25) is 10.2 Å². The van der Waals surface area contributed by atoms with Crippen LogP contribution in [0.5, 0.6) is 0 Å². The summed E-state index contributed by atoms with van der Waals surface area (Å²) in [5.41, 5.74) is 0.674. The molecule has 0 bridgehead atoms. The number of carbonyl (C=O) groups is 2. The van der Waals surface area contributed by atoms with Gasteiger partial charge in [0.2, 0.25) is 5.91 Å². The van der Waals surface area contributed by atoms with Crippen LogP contribution in [0.3, 0.4) is 0 Å². The average molecular weight is 610 g/mol. The number of pyridine rings is 1. The van der Waals surface area contributed by atoms with Gasteiger partial charge < -0.3 is 14.9 Å². The smallest absolute Gasteiger partial charge is 0.326 e. The van der Waals surface area contributed by atoms with Crippen LogP contribution in [0.15, 0.2) is 41.4 Å². The lowest BCUT2D eigenvalue weighted by atomic mass is 9.95. The Morgan fingerprint density at radius 3 is 2.25 bits per heavy atom. The molecule has 12 heteroatoms. The number of likely N-dealkylation sites (tertiary alicyclic amines) is 1. The quantitative estimate of drug-likeness (QED) is 0.492. The number of anilines is 1. The fraction of sp³-hybridized carbons (Fsp3) is 0.536. The number of nitrogens with zero attached hydrogens (tertiary/aromatic N) is 4. The molecule has 216 valence electrons. The third-order valence-corrected chi connectivity index (χ3v) is 11.3. The molecule has 1 aromatic carbocycles. The molecule has 40 heavy (non-hydrogen) atoms. The predicted octanol–water partition coefficient (Wildman–Crippen LogP) is 3.87. The third-order valence-electron chi connectivity index (χ3n) is 8.50. The normalized spacial score (nSPS) is 23.3. The standard InChI is InChI=1S/C28H34Cl2N4O5S/c1-27(2,3)33-12-10-32(11-13-33)19-5-6-23(21(29)14-19)40(38,39)20-15-22(25(35)36)34(17-20)26(37)28(8-9-28)18-4-7-24(30)31-16-18/h4-7,14,16,20,22H,8-13,15,17H2,1-3H3,(H,35,36). The summed E-state index contributed by atoms with van der Waals surface area (Å²) in [7, 11) is -4.02. The summed E-state index contributed by atoms with van der Waals surface area (Å²) in [5, 5.41) is 9.23. The van der Waals surface area contributed by atoms with Crippen molar-refractivity contribution in [3.05, 3.63) is 52.3 Å². The summed E-state index contributed by atoms with van der Waals surface area (Å²) >= 11 is 12.5. The van der Waals surface area contributed by atoms with Gasteiger partial charge in [-0.2, -0.15) is 0 Å². The average Bonchev–Trinajstić information content (AvgIpc) is 3.58. The zero-order valence-electron chi connectivity index (χ0n) is 22.8. The third kappa shape index (κ3) is 5.31. The van der Waals surface area contributed by atoms with Gasteiger partial charge in [-0.1, -0.05) is 29.3 Å². The SMILES string of the molecule is CC(C)(C)N1CCN(c2ccc(S(=O)(=O)C3CC(C(=O)O)N(C(=O)C4(c5ccc(Cl)nc5)CC4)C3)c(Cl)c2)CC1.